The molecule has 0 bridgehead atoms. The van der Waals surface area contributed by atoms with Gasteiger partial charge < -0.3 is 9.64 Å². The lowest BCUT2D eigenvalue weighted by atomic mass is 9.98. The topological polar surface area (TPSA) is 42.4 Å². The second kappa shape index (κ2) is 6.22. The van der Waals surface area contributed by atoms with Crippen LogP contribution in [-0.4, -0.2) is 41.6 Å². The molecule has 2 saturated heterocycles. The fourth-order valence-corrected chi connectivity index (χ4v) is 4.02. The molecular weight excluding hydrogens is 272 g/mol. The Morgan fingerprint density at radius 2 is 2.40 bits per heavy atom. The molecule has 2 atom stereocenters. The number of rotatable bonds is 3. The largest absolute Gasteiger partial charge is 0.378 e. The van der Waals surface area contributed by atoms with E-state index in [1.54, 1.807) is 11.3 Å². The van der Waals surface area contributed by atoms with Crippen molar-refractivity contribution in [3.63, 3.8) is 0 Å². The van der Waals surface area contributed by atoms with E-state index >= 15 is 0 Å². The van der Waals surface area contributed by atoms with E-state index in [0.717, 1.165) is 51.1 Å². The summed E-state index contributed by atoms with van der Waals surface area (Å²) in [6.45, 7) is 4.58. The lowest BCUT2D eigenvalue weighted by Gasteiger charge is -2.32. The average molecular weight is 294 g/mol. The molecule has 2 aliphatic heterocycles. The zero-order valence-electron chi connectivity index (χ0n) is 12.0. The Bertz CT molecular complexity index is 468. The lowest BCUT2D eigenvalue weighted by molar-refractivity contribution is -0.134. The Kier molecular flexibility index (Phi) is 4.36. The van der Waals surface area contributed by atoms with Crippen molar-refractivity contribution >= 4 is 17.2 Å². The third-order valence-electron chi connectivity index (χ3n) is 4.19. The number of piperidine rings is 1. The van der Waals surface area contributed by atoms with Crippen molar-refractivity contribution in [1.82, 2.24) is 9.88 Å². The molecule has 0 spiro atoms. The Labute approximate surface area is 124 Å². The third-order valence-corrected chi connectivity index (χ3v) is 5.31. The van der Waals surface area contributed by atoms with Gasteiger partial charge in [-0.25, -0.2) is 4.98 Å². The summed E-state index contributed by atoms with van der Waals surface area (Å²) in [5, 5.41) is 3.29. The van der Waals surface area contributed by atoms with E-state index in [0.29, 0.717) is 12.3 Å². The van der Waals surface area contributed by atoms with Gasteiger partial charge in [-0.15, -0.1) is 11.3 Å². The highest BCUT2D eigenvalue weighted by molar-refractivity contribution is 7.09. The third kappa shape index (κ3) is 3.20. The zero-order valence-corrected chi connectivity index (χ0v) is 12.8. The highest BCUT2D eigenvalue weighted by atomic mass is 32.1. The van der Waals surface area contributed by atoms with E-state index in [1.165, 1.54) is 5.01 Å². The molecule has 2 fully saturated rings. The van der Waals surface area contributed by atoms with Crippen molar-refractivity contribution in [2.45, 2.75) is 51.0 Å². The summed E-state index contributed by atoms with van der Waals surface area (Å²) in [6.07, 6.45) is 5.08. The van der Waals surface area contributed by atoms with Crippen LogP contribution in [0.5, 0.6) is 0 Å². The quantitative estimate of drug-likeness (QED) is 0.861. The maximum absolute atomic E-state index is 12.4. The summed E-state index contributed by atoms with van der Waals surface area (Å²) < 4.78 is 5.57. The predicted molar refractivity (Wildman–Crippen MR) is 79.0 cm³/mol. The fourth-order valence-electron chi connectivity index (χ4n) is 3.09. The van der Waals surface area contributed by atoms with Crippen LogP contribution >= 0.6 is 11.3 Å². The number of hydrogen-bond donors (Lipinski definition) is 0. The molecule has 0 saturated carbocycles. The number of carbonyl (C=O) groups is 1. The van der Waals surface area contributed by atoms with Crippen molar-refractivity contribution in [1.29, 1.82) is 0 Å². The van der Waals surface area contributed by atoms with E-state index in [9.17, 15) is 4.79 Å². The molecule has 4 nitrogen and oxygen atoms in total. The van der Waals surface area contributed by atoms with Crippen LogP contribution in [0.25, 0.3) is 0 Å². The average Bonchev–Trinajstić information content (AvgIpc) is 3.10. The number of aryl methyl sites for hydroxylation is 1. The Morgan fingerprint density at radius 1 is 1.50 bits per heavy atom. The molecule has 1 aromatic heterocycles. The summed E-state index contributed by atoms with van der Waals surface area (Å²) in [5.74, 6) is 0.686. The highest BCUT2D eigenvalue weighted by Gasteiger charge is 2.28. The van der Waals surface area contributed by atoms with E-state index in [4.69, 9.17) is 4.74 Å². The van der Waals surface area contributed by atoms with E-state index < -0.39 is 0 Å². The van der Waals surface area contributed by atoms with Crippen LogP contribution in [-0.2, 0) is 9.53 Å². The minimum atomic E-state index is 0.157. The lowest BCUT2D eigenvalue weighted by Crippen LogP contribution is -2.40. The van der Waals surface area contributed by atoms with Gasteiger partial charge >= 0.3 is 0 Å². The van der Waals surface area contributed by atoms with Gasteiger partial charge in [-0.05, 0) is 32.6 Å². The molecule has 0 aliphatic carbocycles. The second-order valence-corrected chi connectivity index (χ2v) is 6.73. The number of thiazole rings is 1. The zero-order chi connectivity index (χ0) is 13.9. The molecule has 2 aliphatic rings. The molecule has 3 heterocycles. The van der Waals surface area contributed by atoms with Gasteiger partial charge in [0, 0.05) is 36.7 Å². The number of hydrogen-bond acceptors (Lipinski definition) is 4. The number of ether oxygens (including phenoxy) is 1. The maximum Gasteiger partial charge on any atom is 0.225 e. The van der Waals surface area contributed by atoms with Crippen LogP contribution in [0, 0.1) is 6.92 Å². The molecule has 0 unspecified atom stereocenters. The Hall–Kier alpha value is -0.940. The van der Waals surface area contributed by atoms with Gasteiger partial charge in [0.2, 0.25) is 5.91 Å². The van der Waals surface area contributed by atoms with E-state index in [-0.39, 0.29) is 12.0 Å². The molecule has 3 rings (SSSR count). The van der Waals surface area contributed by atoms with Gasteiger partial charge in [0.05, 0.1) is 17.5 Å². The standard InChI is InChI=1S/C15H22N2O2S/c1-11-10-20-15(16-11)12-4-2-6-17(9-12)14(18)8-13-5-3-7-19-13/h10,12-13H,2-9H2,1H3/t12-,13+/m0/s1. The van der Waals surface area contributed by atoms with Gasteiger partial charge in [-0.1, -0.05) is 0 Å². The number of carbonyl (C=O) groups excluding carboxylic acids is 1. The summed E-state index contributed by atoms with van der Waals surface area (Å²) in [4.78, 5) is 19.0. The molecule has 1 amide bonds. The fraction of sp³-hybridized carbons (Fsp3) is 0.733. The first-order valence-corrected chi connectivity index (χ1v) is 8.42. The molecule has 0 radical (unpaired) electrons. The molecular formula is C15H22N2O2S. The van der Waals surface area contributed by atoms with Gasteiger partial charge in [-0.2, -0.15) is 0 Å². The molecule has 110 valence electrons. The van der Waals surface area contributed by atoms with Crippen LogP contribution in [0.15, 0.2) is 5.38 Å². The monoisotopic (exact) mass is 294 g/mol. The first-order chi connectivity index (χ1) is 9.72. The van der Waals surface area contributed by atoms with Crippen LogP contribution in [0.3, 0.4) is 0 Å². The SMILES string of the molecule is Cc1csc([C@H]2CCCN(C(=O)C[C@H]3CCCO3)C2)n1. The van der Waals surface area contributed by atoms with Gasteiger partial charge in [-0.3, -0.25) is 4.79 Å². The number of nitrogens with zero attached hydrogens (tertiary/aromatic N) is 2. The van der Waals surface area contributed by atoms with Gasteiger partial charge in [0.15, 0.2) is 0 Å². The van der Waals surface area contributed by atoms with E-state index in [1.807, 2.05) is 11.8 Å². The molecule has 1 aromatic rings. The van der Waals surface area contributed by atoms with Crippen molar-refractivity contribution in [2.24, 2.45) is 0 Å². The van der Waals surface area contributed by atoms with Crippen LogP contribution in [0.4, 0.5) is 0 Å². The van der Waals surface area contributed by atoms with Crippen molar-refractivity contribution in [3.8, 4) is 0 Å². The Morgan fingerprint density at radius 3 is 3.10 bits per heavy atom. The normalized spacial score (nSPS) is 26.9. The summed E-state index contributed by atoms with van der Waals surface area (Å²) in [7, 11) is 0. The predicted octanol–water partition coefficient (Wildman–Crippen LogP) is 2.73. The number of likely N-dealkylation sites (tertiary alicyclic amines) is 1. The van der Waals surface area contributed by atoms with Crippen LogP contribution < -0.4 is 0 Å². The summed E-state index contributed by atoms with van der Waals surface area (Å²) in [5.41, 5.74) is 1.09. The molecule has 0 N–H and O–H groups in total. The van der Waals surface area contributed by atoms with Crippen molar-refractivity contribution in [2.75, 3.05) is 19.7 Å². The smallest absolute Gasteiger partial charge is 0.225 e. The van der Waals surface area contributed by atoms with Crippen LogP contribution in [0.1, 0.15) is 48.7 Å². The minimum absolute atomic E-state index is 0.157. The highest BCUT2D eigenvalue weighted by Crippen LogP contribution is 2.29. The van der Waals surface area contributed by atoms with Crippen LogP contribution in [0.2, 0.25) is 0 Å². The minimum Gasteiger partial charge on any atom is -0.378 e. The summed E-state index contributed by atoms with van der Waals surface area (Å²) in [6, 6.07) is 0. The molecule has 20 heavy (non-hydrogen) atoms. The Balaban J connectivity index is 1.58. The number of amides is 1. The number of aromatic nitrogens is 1. The van der Waals surface area contributed by atoms with Crippen molar-refractivity contribution < 1.29 is 9.53 Å². The van der Waals surface area contributed by atoms with E-state index in [2.05, 4.69) is 10.4 Å². The van der Waals surface area contributed by atoms with Gasteiger partial charge in [0.1, 0.15) is 0 Å². The van der Waals surface area contributed by atoms with Gasteiger partial charge in [0.25, 0.3) is 0 Å². The second-order valence-electron chi connectivity index (χ2n) is 5.85. The first-order valence-electron chi connectivity index (χ1n) is 7.54. The summed E-state index contributed by atoms with van der Waals surface area (Å²) >= 11 is 1.73. The first kappa shape index (κ1) is 14.0. The van der Waals surface area contributed by atoms with Crippen molar-refractivity contribution in [3.05, 3.63) is 16.1 Å². The molecule has 5 heteroatoms. The maximum atomic E-state index is 12.4. The molecule has 0 aromatic carbocycles.